The van der Waals surface area contributed by atoms with Crippen LogP contribution in [-0.2, 0) is 0 Å². The van der Waals surface area contributed by atoms with Gasteiger partial charge in [-0.1, -0.05) is 57.9 Å². The lowest BCUT2D eigenvalue weighted by atomic mass is 9.87. The molecule has 0 aliphatic heterocycles. The van der Waals surface area contributed by atoms with Crippen LogP contribution in [0.5, 0.6) is 0 Å². The molecular weight excluding hydrogens is 258 g/mol. The molecule has 2 heteroatoms. The van der Waals surface area contributed by atoms with E-state index in [1.165, 1.54) is 18.4 Å². The molecule has 0 heterocycles. The zero-order valence-electron chi connectivity index (χ0n) is 14.7. The maximum atomic E-state index is 10.5. The van der Waals surface area contributed by atoms with Crippen molar-refractivity contribution < 1.29 is 5.11 Å². The lowest BCUT2D eigenvalue weighted by molar-refractivity contribution is 0.131. The Morgan fingerprint density at radius 3 is 2.76 bits per heavy atom. The van der Waals surface area contributed by atoms with Crippen molar-refractivity contribution in [2.75, 3.05) is 6.54 Å². The van der Waals surface area contributed by atoms with Crippen molar-refractivity contribution in [1.82, 2.24) is 5.32 Å². The van der Waals surface area contributed by atoms with E-state index in [-0.39, 0.29) is 17.4 Å². The van der Waals surface area contributed by atoms with Crippen molar-refractivity contribution >= 4 is 0 Å². The average Bonchev–Trinajstić information content (AvgIpc) is 2.46. The third kappa shape index (κ3) is 6.80. The van der Waals surface area contributed by atoms with Crippen molar-refractivity contribution in [3.05, 3.63) is 23.8 Å². The Bertz CT molecular complexity index is 357. The summed E-state index contributed by atoms with van der Waals surface area (Å²) in [7, 11) is 0. The summed E-state index contributed by atoms with van der Waals surface area (Å²) in [6.45, 7) is 12.1. The van der Waals surface area contributed by atoms with E-state index in [4.69, 9.17) is 0 Å². The Morgan fingerprint density at radius 2 is 2.10 bits per heavy atom. The predicted molar refractivity (Wildman–Crippen MR) is 92.4 cm³/mol. The summed E-state index contributed by atoms with van der Waals surface area (Å²) >= 11 is 0. The Balaban J connectivity index is 2.82. The van der Waals surface area contributed by atoms with Crippen LogP contribution < -0.4 is 5.32 Å². The number of hydrogen-bond donors (Lipinski definition) is 2. The number of allylic oxidation sites excluding steroid dienone is 3. The highest BCUT2D eigenvalue weighted by molar-refractivity contribution is 5.08. The van der Waals surface area contributed by atoms with E-state index < -0.39 is 0 Å². The quantitative estimate of drug-likeness (QED) is 0.592. The fraction of sp³-hybridized carbons (Fsp3) is 0.789. The second kappa shape index (κ2) is 8.75. The Hall–Kier alpha value is -0.600. The highest BCUT2D eigenvalue weighted by Crippen LogP contribution is 2.27. The van der Waals surface area contributed by atoms with E-state index in [0.717, 1.165) is 25.8 Å². The van der Waals surface area contributed by atoms with Crippen LogP contribution in [-0.4, -0.2) is 23.8 Å². The van der Waals surface area contributed by atoms with E-state index in [9.17, 15) is 5.11 Å². The molecule has 0 aromatic rings. The maximum absolute atomic E-state index is 10.5. The third-order valence-electron chi connectivity index (χ3n) is 4.68. The molecule has 0 unspecified atom stereocenters. The second-order valence-corrected chi connectivity index (χ2v) is 7.40. The molecule has 1 aliphatic carbocycles. The van der Waals surface area contributed by atoms with Crippen molar-refractivity contribution in [2.24, 2.45) is 11.3 Å². The molecule has 0 saturated heterocycles. The molecule has 21 heavy (non-hydrogen) atoms. The van der Waals surface area contributed by atoms with Crippen LogP contribution in [0.4, 0.5) is 0 Å². The molecule has 122 valence electrons. The van der Waals surface area contributed by atoms with Gasteiger partial charge in [0.15, 0.2) is 0 Å². The van der Waals surface area contributed by atoms with Crippen LogP contribution in [0.15, 0.2) is 23.8 Å². The summed E-state index contributed by atoms with van der Waals surface area (Å²) in [6, 6.07) is 0.390. The summed E-state index contributed by atoms with van der Waals surface area (Å²) < 4.78 is 0. The third-order valence-corrected chi connectivity index (χ3v) is 4.68. The maximum Gasteiger partial charge on any atom is 0.0761 e. The smallest absolute Gasteiger partial charge is 0.0761 e. The summed E-state index contributed by atoms with van der Waals surface area (Å²) in [5, 5.41) is 14.1. The molecule has 0 bridgehead atoms. The van der Waals surface area contributed by atoms with Gasteiger partial charge >= 0.3 is 0 Å². The van der Waals surface area contributed by atoms with E-state index in [1.807, 2.05) is 6.08 Å². The van der Waals surface area contributed by atoms with Gasteiger partial charge in [0.2, 0.25) is 0 Å². The normalized spacial score (nSPS) is 34.6. The summed E-state index contributed by atoms with van der Waals surface area (Å²) in [4.78, 5) is 0. The number of aliphatic hydroxyl groups excluding tert-OH is 1. The van der Waals surface area contributed by atoms with Crippen molar-refractivity contribution in [2.45, 2.75) is 78.9 Å². The fourth-order valence-corrected chi connectivity index (χ4v) is 2.78. The number of unbranched alkanes of at least 4 members (excludes halogenated alkanes) is 1. The topological polar surface area (TPSA) is 32.3 Å². The molecule has 1 rings (SSSR count). The van der Waals surface area contributed by atoms with Crippen LogP contribution in [0.1, 0.15) is 66.7 Å². The minimum absolute atomic E-state index is 0.122. The number of nitrogens with one attached hydrogen (secondary N) is 1. The van der Waals surface area contributed by atoms with Gasteiger partial charge < -0.3 is 10.4 Å². The van der Waals surface area contributed by atoms with Crippen LogP contribution in [0, 0.1) is 11.3 Å². The monoisotopic (exact) mass is 293 g/mol. The van der Waals surface area contributed by atoms with Gasteiger partial charge in [0, 0.05) is 12.0 Å². The van der Waals surface area contributed by atoms with Gasteiger partial charge in [-0.05, 0) is 44.6 Å². The molecule has 0 fully saturated rings. The zero-order valence-corrected chi connectivity index (χ0v) is 14.7. The molecule has 0 spiro atoms. The largest absolute Gasteiger partial charge is 0.389 e. The van der Waals surface area contributed by atoms with Gasteiger partial charge in [0.25, 0.3) is 0 Å². The highest BCUT2D eigenvalue weighted by atomic mass is 16.3. The van der Waals surface area contributed by atoms with E-state index in [0.29, 0.717) is 6.04 Å². The molecule has 1 aliphatic rings. The van der Waals surface area contributed by atoms with Crippen LogP contribution in [0.25, 0.3) is 0 Å². The second-order valence-electron chi connectivity index (χ2n) is 7.40. The summed E-state index contributed by atoms with van der Waals surface area (Å²) in [6.07, 6.45) is 11.9. The predicted octanol–water partition coefficient (Wildman–Crippen LogP) is 4.45. The van der Waals surface area contributed by atoms with Gasteiger partial charge in [0.1, 0.15) is 0 Å². The van der Waals surface area contributed by atoms with Gasteiger partial charge in [-0.15, -0.1) is 0 Å². The van der Waals surface area contributed by atoms with Crippen molar-refractivity contribution in [3.63, 3.8) is 0 Å². The van der Waals surface area contributed by atoms with E-state index in [2.05, 4.69) is 52.1 Å². The first kappa shape index (κ1) is 18.4. The first-order valence-corrected chi connectivity index (χ1v) is 8.62. The van der Waals surface area contributed by atoms with Crippen LogP contribution >= 0.6 is 0 Å². The van der Waals surface area contributed by atoms with E-state index >= 15 is 0 Å². The molecule has 0 saturated carbocycles. The SMILES string of the molecule is CCCCN[C@@H]1CC/C(C)=C/CC(C)(C)/C=C/[C@H](O)[C@@H]1C. The van der Waals surface area contributed by atoms with Gasteiger partial charge in [-0.2, -0.15) is 0 Å². The van der Waals surface area contributed by atoms with Gasteiger partial charge in [0.05, 0.1) is 6.10 Å². The first-order chi connectivity index (χ1) is 9.85. The van der Waals surface area contributed by atoms with Crippen molar-refractivity contribution in [3.8, 4) is 0 Å². The minimum Gasteiger partial charge on any atom is -0.389 e. The standard InChI is InChI=1S/C19H35NO/c1-6-7-14-20-17-9-8-15(2)10-12-19(4,5)13-11-18(21)16(17)3/h10-11,13,16-18,20-21H,6-9,12,14H2,1-5H3/b13-11+,15-10+/t16-,17-,18+/m1/s1. The Morgan fingerprint density at radius 1 is 1.38 bits per heavy atom. The molecule has 3 atom stereocenters. The van der Waals surface area contributed by atoms with E-state index in [1.54, 1.807) is 0 Å². The molecular formula is C19H35NO. The molecule has 0 aromatic carbocycles. The van der Waals surface area contributed by atoms with Gasteiger partial charge in [-0.3, -0.25) is 0 Å². The zero-order chi connectivity index (χ0) is 15.9. The Labute approximate surface area is 131 Å². The molecule has 2 nitrogen and oxygen atoms in total. The Kier molecular flexibility index (Phi) is 7.69. The lowest BCUT2D eigenvalue weighted by Crippen LogP contribution is -2.40. The number of hydrogen-bond acceptors (Lipinski definition) is 2. The van der Waals surface area contributed by atoms with Crippen LogP contribution in [0.2, 0.25) is 0 Å². The minimum atomic E-state index is -0.359. The lowest BCUT2D eigenvalue weighted by Gasteiger charge is -2.28. The van der Waals surface area contributed by atoms with Crippen LogP contribution in [0.3, 0.4) is 0 Å². The number of aliphatic hydroxyl groups is 1. The summed E-state index contributed by atoms with van der Waals surface area (Å²) in [5.41, 5.74) is 1.60. The molecule has 0 amide bonds. The molecule has 2 N–H and O–H groups in total. The number of rotatable bonds is 4. The van der Waals surface area contributed by atoms with Crippen molar-refractivity contribution in [1.29, 1.82) is 0 Å². The average molecular weight is 293 g/mol. The highest BCUT2D eigenvalue weighted by Gasteiger charge is 2.24. The fourth-order valence-electron chi connectivity index (χ4n) is 2.78. The molecule has 0 radical (unpaired) electrons. The summed E-state index contributed by atoms with van der Waals surface area (Å²) in [5.74, 6) is 0.250. The molecule has 0 aromatic heterocycles. The first-order valence-electron chi connectivity index (χ1n) is 8.62. The van der Waals surface area contributed by atoms with Gasteiger partial charge in [-0.25, -0.2) is 0 Å².